The van der Waals surface area contributed by atoms with Crippen molar-refractivity contribution in [3.05, 3.63) is 69.5 Å². The molecule has 3 heterocycles. The van der Waals surface area contributed by atoms with Gasteiger partial charge in [0.25, 0.3) is 5.56 Å². The summed E-state index contributed by atoms with van der Waals surface area (Å²) >= 11 is 0. The number of aliphatic hydroxyl groups is 5. The third-order valence-corrected chi connectivity index (χ3v) is 12.2. The Morgan fingerprint density at radius 3 is 2.21 bits per heavy atom. The van der Waals surface area contributed by atoms with Crippen molar-refractivity contribution in [1.29, 1.82) is 0 Å². The van der Waals surface area contributed by atoms with Crippen molar-refractivity contribution in [1.82, 2.24) is 14.3 Å². The van der Waals surface area contributed by atoms with E-state index in [1.54, 1.807) is 37.2 Å². The van der Waals surface area contributed by atoms with Gasteiger partial charge in [-0.3, -0.25) is 23.4 Å². The summed E-state index contributed by atoms with van der Waals surface area (Å²) in [6.45, 7) is -2.10. The number of ether oxygens (including phenoxy) is 2. The molecule has 25 heteroatoms. The summed E-state index contributed by atoms with van der Waals surface area (Å²) < 4.78 is 80.3. The summed E-state index contributed by atoms with van der Waals surface area (Å²) in [5.41, 5.74) is -1.14. The highest BCUT2D eigenvalue weighted by Crippen LogP contribution is 2.61. The molecule has 2 aromatic carbocycles. The second-order valence-corrected chi connectivity index (χ2v) is 16.5. The maximum atomic E-state index is 13.7. The van der Waals surface area contributed by atoms with Crippen molar-refractivity contribution in [3.8, 4) is 0 Å². The lowest BCUT2D eigenvalue weighted by Crippen LogP contribution is -2.64. The molecule has 52 heavy (non-hydrogen) atoms. The molecule has 2 fully saturated rings. The number of nitrogens with zero attached hydrogens (tertiary/aromatic N) is 2. The van der Waals surface area contributed by atoms with Crippen LogP contribution in [0.2, 0.25) is 0 Å². The molecule has 11 atom stereocenters. The molecule has 2 saturated heterocycles. The van der Waals surface area contributed by atoms with E-state index in [1.165, 1.54) is 18.2 Å². The minimum Gasteiger partial charge on any atom is -0.394 e. The fourth-order valence-corrected chi connectivity index (χ4v) is 9.25. The number of fused-ring (bicyclic) bond motifs is 1. The maximum Gasteiger partial charge on any atom is 0.483 e. The number of aromatic amines is 1. The zero-order chi connectivity index (χ0) is 38.3. The highest BCUT2D eigenvalue weighted by molar-refractivity contribution is 7.89. The van der Waals surface area contributed by atoms with E-state index in [2.05, 4.69) is 13.6 Å². The Bertz CT molecular complexity index is 2100. The first-order valence-corrected chi connectivity index (χ1v) is 19.6. The van der Waals surface area contributed by atoms with Crippen LogP contribution in [0.15, 0.2) is 63.1 Å². The van der Waals surface area contributed by atoms with Crippen molar-refractivity contribution in [2.45, 2.75) is 60.1 Å². The average Bonchev–Trinajstić information content (AvgIpc) is 3.34. The fraction of sp³-hybridized carbons (Fsp3) is 0.481. The molecule has 0 amide bonds. The lowest BCUT2D eigenvalue weighted by atomic mass is 9.98. The van der Waals surface area contributed by atoms with Crippen LogP contribution in [0.3, 0.4) is 0 Å². The Hall–Kier alpha value is -2.93. The summed E-state index contributed by atoms with van der Waals surface area (Å²) in [5.74, 6) is 0. The fourth-order valence-electron chi connectivity index (χ4n) is 5.63. The lowest BCUT2D eigenvalue weighted by molar-refractivity contribution is -0.245. The van der Waals surface area contributed by atoms with Crippen LogP contribution in [0.5, 0.6) is 0 Å². The van der Waals surface area contributed by atoms with Crippen LogP contribution < -0.4 is 20.9 Å². The number of phosphoric ester groups is 2. The third-order valence-electron chi connectivity index (χ3n) is 8.11. The van der Waals surface area contributed by atoms with Gasteiger partial charge in [0.05, 0.1) is 18.1 Å². The van der Waals surface area contributed by atoms with Crippen molar-refractivity contribution in [2.75, 3.05) is 32.2 Å². The number of hydrogen-bond donors (Lipinski definition) is 9. The van der Waals surface area contributed by atoms with Crippen molar-refractivity contribution in [3.63, 3.8) is 0 Å². The Kier molecular flexibility index (Phi) is 11.9. The summed E-state index contributed by atoms with van der Waals surface area (Å²) in [6.07, 6.45) is -14.2. The van der Waals surface area contributed by atoms with E-state index in [0.29, 0.717) is 15.6 Å². The van der Waals surface area contributed by atoms with E-state index in [0.717, 1.165) is 12.3 Å². The van der Waals surface area contributed by atoms with Crippen molar-refractivity contribution in [2.24, 2.45) is 0 Å². The zero-order valence-corrected chi connectivity index (χ0v) is 29.7. The highest BCUT2D eigenvalue weighted by Gasteiger charge is 2.51. The molecule has 1 aromatic heterocycles. The number of nitrogens with one attached hydrogen (secondary N) is 2. The van der Waals surface area contributed by atoms with E-state index < -0.39 is 105 Å². The van der Waals surface area contributed by atoms with E-state index in [-0.39, 0.29) is 10.3 Å². The standard InChI is InChI=1S/C27H36N4O18P2S/c1-30(2)15-7-3-6-14-13(15)5-4-8-18(14)52(43,44)29-20-23(36)21(34)16(11-32)47-26(20)48-51(41,42)49-50(39,40)45-12-17-22(35)24(37)25(46-17)31-10-9-19(33)28-27(31)38/h3-10,16-17,20-26,29,32,34-37H,11-12H2,1-2H3,(H,39,40)(H,41,42)(H,28,33,38)/t16-,17-,20-,21-,22-,23-,24-,25-,26-/m1/s1. The number of H-pyrrole nitrogens is 1. The number of rotatable bonds is 13. The predicted molar refractivity (Wildman–Crippen MR) is 175 cm³/mol. The molecule has 0 bridgehead atoms. The maximum absolute atomic E-state index is 13.7. The van der Waals surface area contributed by atoms with Crippen LogP contribution in [0.25, 0.3) is 10.8 Å². The topological polar surface area (TPSA) is 326 Å². The Morgan fingerprint density at radius 2 is 1.56 bits per heavy atom. The highest BCUT2D eigenvalue weighted by atomic mass is 32.2. The van der Waals surface area contributed by atoms with Gasteiger partial charge in [0, 0.05) is 42.8 Å². The molecule has 2 aliphatic heterocycles. The first kappa shape index (κ1) is 40.3. The van der Waals surface area contributed by atoms with Gasteiger partial charge >= 0.3 is 21.3 Å². The zero-order valence-electron chi connectivity index (χ0n) is 27.0. The lowest BCUT2D eigenvalue weighted by Gasteiger charge is -2.42. The second kappa shape index (κ2) is 15.4. The first-order chi connectivity index (χ1) is 24.2. The molecular weight excluding hydrogens is 762 g/mol. The van der Waals surface area contributed by atoms with Gasteiger partial charge in [0.2, 0.25) is 10.0 Å². The largest absolute Gasteiger partial charge is 0.483 e. The van der Waals surface area contributed by atoms with Gasteiger partial charge in [-0.05, 0) is 12.1 Å². The molecule has 0 saturated carbocycles. The van der Waals surface area contributed by atoms with Crippen LogP contribution in [0.1, 0.15) is 6.23 Å². The molecule has 0 radical (unpaired) electrons. The van der Waals surface area contributed by atoms with Crippen LogP contribution in [0.4, 0.5) is 5.69 Å². The number of phosphoric acid groups is 2. The van der Waals surface area contributed by atoms with E-state index >= 15 is 0 Å². The minimum absolute atomic E-state index is 0.231. The molecule has 288 valence electrons. The van der Waals surface area contributed by atoms with Gasteiger partial charge in [0.15, 0.2) is 12.5 Å². The Labute approximate surface area is 293 Å². The predicted octanol–water partition coefficient (Wildman–Crippen LogP) is -2.59. The molecular formula is C27H36N4O18P2S. The number of anilines is 1. The molecule has 9 N–H and O–H groups in total. The van der Waals surface area contributed by atoms with E-state index in [9.17, 15) is 62.5 Å². The summed E-state index contributed by atoms with van der Waals surface area (Å²) in [5, 5.41) is 52.5. The molecule has 0 aliphatic carbocycles. The normalized spacial score (nSPS) is 30.5. The number of sulfonamides is 1. The van der Waals surface area contributed by atoms with Gasteiger partial charge in [-0.2, -0.15) is 4.31 Å². The van der Waals surface area contributed by atoms with Crippen LogP contribution in [0, 0.1) is 0 Å². The van der Waals surface area contributed by atoms with Gasteiger partial charge in [-0.15, -0.1) is 0 Å². The summed E-state index contributed by atoms with van der Waals surface area (Å²) in [4.78, 5) is 47.4. The quantitative estimate of drug-likeness (QED) is 0.0801. The molecule has 2 unspecified atom stereocenters. The van der Waals surface area contributed by atoms with Crippen LogP contribution in [-0.2, 0) is 42.0 Å². The van der Waals surface area contributed by atoms with E-state index in [1.807, 2.05) is 4.98 Å². The monoisotopic (exact) mass is 798 g/mol. The second-order valence-electron chi connectivity index (χ2n) is 11.9. The molecule has 22 nitrogen and oxygen atoms in total. The van der Waals surface area contributed by atoms with Gasteiger partial charge < -0.3 is 49.7 Å². The number of aromatic nitrogens is 2. The number of hydrogen-bond acceptors (Lipinski definition) is 17. The summed E-state index contributed by atoms with van der Waals surface area (Å²) in [7, 11) is -12.8. The van der Waals surface area contributed by atoms with Gasteiger partial charge in [-0.1, -0.05) is 24.3 Å². The molecule has 3 aromatic rings. The molecule has 2 aliphatic rings. The van der Waals surface area contributed by atoms with Gasteiger partial charge in [-0.25, -0.2) is 27.1 Å². The Balaban J connectivity index is 1.32. The number of benzene rings is 2. The smallest absolute Gasteiger partial charge is 0.394 e. The number of aliphatic hydroxyl groups excluding tert-OH is 5. The van der Waals surface area contributed by atoms with Crippen LogP contribution in [-0.4, -0.2) is 130 Å². The average molecular weight is 799 g/mol. The van der Waals surface area contributed by atoms with Crippen molar-refractivity contribution < 1.29 is 75.7 Å². The van der Waals surface area contributed by atoms with Gasteiger partial charge in [0.1, 0.15) is 42.7 Å². The molecule has 0 spiro atoms. The SMILES string of the molecule is CN(C)c1cccc2c(S(=O)(=O)N[C@H]3[C@@H](OP(=O)(O)OP(=O)(O)OC[C@H]4O[C@@H](n5ccc(=O)[nH]c5=O)[C@H](O)[C@@H]4O)O[C@H](CO)[C@@H](O)[C@@H]3O)cccc12. The first-order valence-electron chi connectivity index (χ1n) is 15.1. The van der Waals surface area contributed by atoms with Crippen molar-refractivity contribution >= 4 is 42.1 Å². The molecule has 5 rings (SSSR count). The van der Waals surface area contributed by atoms with E-state index in [4.69, 9.17) is 14.0 Å². The third kappa shape index (κ3) is 8.55. The Morgan fingerprint density at radius 1 is 0.904 bits per heavy atom. The van der Waals surface area contributed by atoms with Crippen LogP contribution >= 0.6 is 15.6 Å². The minimum atomic E-state index is -5.87. The summed E-state index contributed by atoms with van der Waals surface area (Å²) in [6, 6.07) is 7.98.